The van der Waals surface area contributed by atoms with Gasteiger partial charge in [-0.25, -0.2) is 4.98 Å². The average Bonchev–Trinajstić information content (AvgIpc) is 2.75. The van der Waals surface area contributed by atoms with Crippen molar-refractivity contribution in [2.75, 3.05) is 17.7 Å². The standard InChI is InChI=1S/C13H14ClN3OS/c1-7-4-5-9(6-10(7)14)17-12(18)11-8(2)16-13(15-3)19-11/h4-6H,1-3H3,(H,15,16)(H,17,18). The van der Waals surface area contributed by atoms with Crippen molar-refractivity contribution >= 4 is 39.7 Å². The van der Waals surface area contributed by atoms with Crippen molar-refractivity contribution < 1.29 is 4.79 Å². The molecule has 2 rings (SSSR count). The summed E-state index contributed by atoms with van der Waals surface area (Å²) in [5.74, 6) is -0.170. The average molecular weight is 296 g/mol. The predicted octanol–water partition coefficient (Wildman–Crippen LogP) is 3.71. The number of nitrogens with zero attached hydrogens (tertiary/aromatic N) is 1. The van der Waals surface area contributed by atoms with E-state index >= 15 is 0 Å². The molecule has 1 heterocycles. The van der Waals surface area contributed by atoms with Gasteiger partial charge in [0.05, 0.1) is 5.69 Å². The third-order valence-corrected chi connectivity index (χ3v) is 4.23. The molecule has 2 aromatic rings. The van der Waals surface area contributed by atoms with E-state index in [1.165, 1.54) is 11.3 Å². The molecule has 0 bridgehead atoms. The second kappa shape index (κ2) is 5.59. The maximum absolute atomic E-state index is 12.1. The highest BCUT2D eigenvalue weighted by atomic mass is 35.5. The number of aromatic nitrogens is 1. The van der Waals surface area contributed by atoms with E-state index in [0.717, 1.165) is 10.7 Å². The number of benzene rings is 1. The zero-order chi connectivity index (χ0) is 14.0. The molecule has 0 aliphatic heterocycles. The van der Waals surface area contributed by atoms with Crippen molar-refractivity contribution in [3.63, 3.8) is 0 Å². The van der Waals surface area contributed by atoms with E-state index in [9.17, 15) is 4.79 Å². The predicted molar refractivity (Wildman–Crippen MR) is 80.5 cm³/mol. The molecule has 0 radical (unpaired) electrons. The molecule has 0 saturated carbocycles. The molecule has 6 heteroatoms. The number of amides is 1. The Hall–Kier alpha value is -1.59. The van der Waals surface area contributed by atoms with Gasteiger partial charge in [0, 0.05) is 17.8 Å². The largest absolute Gasteiger partial charge is 0.365 e. The van der Waals surface area contributed by atoms with Crippen molar-refractivity contribution in [3.8, 4) is 0 Å². The number of hydrogen-bond acceptors (Lipinski definition) is 4. The molecule has 19 heavy (non-hydrogen) atoms. The molecule has 100 valence electrons. The van der Waals surface area contributed by atoms with Crippen LogP contribution in [0.25, 0.3) is 0 Å². The van der Waals surface area contributed by atoms with Crippen LogP contribution < -0.4 is 10.6 Å². The van der Waals surface area contributed by atoms with Crippen molar-refractivity contribution in [2.45, 2.75) is 13.8 Å². The monoisotopic (exact) mass is 295 g/mol. The topological polar surface area (TPSA) is 54.0 Å². The first-order chi connectivity index (χ1) is 9.01. The molecule has 1 aromatic heterocycles. The lowest BCUT2D eigenvalue weighted by Crippen LogP contribution is -2.11. The molecule has 0 aliphatic rings. The van der Waals surface area contributed by atoms with Gasteiger partial charge >= 0.3 is 0 Å². The lowest BCUT2D eigenvalue weighted by Gasteiger charge is -2.05. The fourth-order valence-corrected chi connectivity index (χ4v) is 2.57. The lowest BCUT2D eigenvalue weighted by molar-refractivity contribution is 0.103. The maximum Gasteiger partial charge on any atom is 0.267 e. The second-order valence-corrected chi connectivity index (χ2v) is 5.51. The Kier molecular flexibility index (Phi) is 4.07. The Morgan fingerprint density at radius 2 is 2.11 bits per heavy atom. The molecule has 2 N–H and O–H groups in total. The Balaban J connectivity index is 2.20. The molecule has 0 aliphatic carbocycles. The number of carbonyl (C=O) groups is 1. The number of rotatable bonds is 3. The summed E-state index contributed by atoms with van der Waals surface area (Å²) in [5.41, 5.74) is 2.37. The molecular weight excluding hydrogens is 282 g/mol. The number of carbonyl (C=O) groups excluding carboxylic acids is 1. The summed E-state index contributed by atoms with van der Waals surface area (Å²) in [5, 5.41) is 7.11. The SMILES string of the molecule is CNc1nc(C)c(C(=O)Nc2ccc(C)c(Cl)c2)s1. The van der Waals surface area contributed by atoms with Gasteiger partial charge < -0.3 is 10.6 Å². The molecule has 4 nitrogen and oxygen atoms in total. The van der Waals surface area contributed by atoms with Crippen LogP contribution in [0.5, 0.6) is 0 Å². The van der Waals surface area contributed by atoms with Gasteiger partial charge in [0.1, 0.15) is 4.88 Å². The van der Waals surface area contributed by atoms with E-state index < -0.39 is 0 Å². The van der Waals surface area contributed by atoms with Gasteiger partial charge in [-0.15, -0.1) is 0 Å². The van der Waals surface area contributed by atoms with Crippen LogP contribution in [0.15, 0.2) is 18.2 Å². The second-order valence-electron chi connectivity index (χ2n) is 4.10. The summed E-state index contributed by atoms with van der Waals surface area (Å²) in [6, 6.07) is 5.44. The van der Waals surface area contributed by atoms with E-state index in [0.29, 0.717) is 21.3 Å². The van der Waals surface area contributed by atoms with Crippen LogP contribution in [-0.2, 0) is 0 Å². The normalized spacial score (nSPS) is 10.3. The minimum absolute atomic E-state index is 0.170. The summed E-state index contributed by atoms with van der Waals surface area (Å²) >= 11 is 7.36. The summed E-state index contributed by atoms with van der Waals surface area (Å²) in [4.78, 5) is 17.0. The molecule has 0 fully saturated rings. The molecule has 0 saturated heterocycles. The fourth-order valence-electron chi connectivity index (χ4n) is 1.57. The number of anilines is 2. The van der Waals surface area contributed by atoms with E-state index in [-0.39, 0.29) is 5.91 Å². The van der Waals surface area contributed by atoms with Crippen LogP contribution in [0.3, 0.4) is 0 Å². The Labute approximate surface area is 120 Å². The third kappa shape index (κ3) is 3.05. The first-order valence-corrected chi connectivity index (χ1v) is 6.93. The summed E-state index contributed by atoms with van der Waals surface area (Å²) < 4.78 is 0. The number of aryl methyl sites for hydroxylation is 2. The fraction of sp³-hybridized carbons (Fsp3) is 0.231. The summed E-state index contributed by atoms with van der Waals surface area (Å²) in [7, 11) is 1.78. The van der Waals surface area contributed by atoms with Crippen LogP contribution in [0.4, 0.5) is 10.8 Å². The van der Waals surface area contributed by atoms with E-state index in [2.05, 4.69) is 15.6 Å². The molecule has 0 unspecified atom stereocenters. The maximum atomic E-state index is 12.1. The zero-order valence-electron chi connectivity index (χ0n) is 10.9. The van der Waals surface area contributed by atoms with Crippen molar-refractivity contribution in [2.24, 2.45) is 0 Å². The lowest BCUT2D eigenvalue weighted by atomic mass is 10.2. The van der Waals surface area contributed by atoms with E-state index in [1.807, 2.05) is 26.0 Å². The van der Waals surface area contributed by atoms with Crippen LogP contribution in [0.2, 0.25) is 5.02 Å². The van der Waals surface area contributed by atoms with Crippen LogP contribution >= 0.6 is 22.9 Å². The number of thiazole rings is 1. The smallest absolute Gasteiger partial charge is 0.267 e. The van der Waals surface area contributed by atoms with Crippen molar-refractivity contribution in [1.29, 1.82) is 0 Å². The van der Waals surface area contributed by atoms with Gasteiger partial charge in [-0.3, -0.25) is 4.79 Å². The highest BCUT2D eigenvalue weighted by molar-refractivity contribution is 7.17. The molecule has 1 aromatic carbocycles. The van der Waals surface area contributed by atoms with Gasteiger partial charge in [0.25, 0.3) is 5.91 Å². The van der Waals surface area contributed by atoms with Gasteiger partial charge in [-0.2, -0.15) is 0 Å². The zero-order valence-corrected chi connectivity index (χ0v) is 12.4. The molecule has 0 atom stereocenters. The third-order valence-electron chi connectivity index (χ3n) is 2.65. The van der Waals surface area contributed by atoms with Gasteiger partial charge in [0.15, 0.2) is 5.13 Å². The molecular formula is C13H14ClN3OS. The van der Waals surface area contributed by atoms with Gasteiger partial charge in [-0.05, 0) is 31.5 Å². The molecule has 1 amide bonds. The first kappa shape index (κ1) is 13.8. The number of halogens is 1. The summed E-state index contributed by atoms with van der Waals surface area (Å²) in [6.07, 6.45) is 0. The van der Waals surface area contributed by atoms with Crippen LogP contribution in [0.1, 0.15) is 20.9 Å². The van der Waals surface area contributed by atoms with Crippen LogP contribution in [-0.4, -0.2) is 17.9 Å². The van der Waals surface area contributed by atoms with Gasteiger partial charge in [0.2, 0.25) is 0 Å². The minimum Gasteiger partial charge on any atom is -0.365 e. The number of nitrogens with one attached hydrogen (secondary N) is 2. The first-order valence-electron chi connectivity index (χ1n) is 5.74. The van der Waals surface area contributed by atoms with E-state index in [1.54, 1.807) is 13.1 Å². The van der Waals surface area contributed by atoms with Crippen molar-refractivity contribution in [1.82, 2.24) is 4.98 Å². The van der Waals surface area contributed by atoms with E-state index in [4.69, 9.17) is 11.6 Å². The Morgan fingerprint density at radius 1 is 1.37 bits per heavy atom. The Bertz CT molecular complexity index is 624. The number of hydrogen-bond donors (Lipinski definition) is 2. The van der Waals surface area contributed by atoms with Crippen LogP contribution in [0, 0.1) is 13.8 Å². The quantitative estimate of drug-likeness (QED) is 0.907. The molecule has 0 spiro atoms. The highest BCUT2D eigenvalue weighted by Crippen LogP contribution is 2.24. The summed E-state index contributed by atoms with van der Waals surface area (Å²) in [6.45, 7) is 3.73. The van der Waals surface area contributed by atoms with Gasteiger partial charge in [-0.1, -0.05) is 29.0 Å². The minimum atomic E-state index is -0.170. The highest BCUT2D eigenvalue weighted by Gasteiger charge is 2.15. The Morgan fingerprint density at radius 3 is 2.68 bits per heavy atom. The van der Waals surface area contributed by atoms with Crippen molar-refractivity contribution in [3.05, 3.63) is 39.4 Å².